The predicted octanol–water partition coefficient (Wildman–Crippen LogP) is 13.5. The summed E-state index contributed by atoms with van der Waals surface area (Å²) in [4.78, 5) is 47.7. The van der Waals surface area contributed by atoms with Crippen LogP contribution in [0.2, 0.25) is 0 Å². The number of ether oxygens (including phenoxy) is 4. The fourth-order valence-corrected chi connectivity index (χ4v) is 6.57. The zero-order valence-electron chi connectivity index (χ0n) is 39.9. The summed E-state index contributed by atoms with van der Waals surface area (Å²) in [5.74, 6) is 1.05. The number of benzene rings is 4. The van der Waals surface area contributed by atoms with Crippen LogP contribution in [0.1, 0.15) is 36.7 Å². The van der Waals surface area contributed by atoms with Gasteiger partial charge in [0.25, 0.3) is 12.2 Å². The number of phenolic OH excluding ortho intramolecular Hbond substituents is 1. The standard InChI is InChI=1S/C21H19BrF6N2O3.C9H18N2O2.C7H4BrFO.C6H6O.C4HClF6O2/c22-15-7-6-14(17(12-15)32-16-4-2-1-3-5-16)13-29-8-10-30(11-9-29)19(31)33-18(20(23,24)25)21(26,27)28;1-9(2,3)13-8(12)11-6-4-10-5-7-11;8-6-2-1-5(4-10)7(9)3-6;7-6-4-2-1-3-5-6;5-2(12)13-1(3(6,7)8)4(9,10)11/h1-7,12,18H,8-11,13H2;10H,4-7H2,1-3H3;1-4H;1-5,7H;1H. The highest BCUT2D eigenvalue weighted by molar-refractivity contribution is 9.10. The molecule has 2 heterocycles. The van der Waals surface area contributed by atoms with Crippen LogP contribution < -0.4 is 10.1 Å². The molecular weight excluding hydrogens is 1210 g/mol. The number of piperazine rings is 2. The molecule has 2 fully saturated rings. The number of hydrogen-bond acceptors (Lipinski definition) is 11. The van der Waals surface area contributed by atoms with Gasteiger partial charge in [-0.05, 0) is 75.4 Å². The van der Waals surface area contributed by atoms with E-state index in [1.807, 2.05) is 62.1 Å². The molecule has 13 nitrogen and oxygen atoms in total. The number of aromatic hydroxyl groups is 1. The van der Waals surface area contributed by atoms with E-state index in [1.165, 1.54) is 12.1 Å². The Hall–Kier alpha value is -5.58. The summed E-state index contributed by atoms with van der Waals surface area (Å²) in [5.41, 5.74) is -1.64. The van der Waals surface area contributed by atoms with Gasteiger partial charge in [-0.25, -0.2) is 18.8 Å². The third-order valence-corrected chi connectivity index (χ3v) is 10.3. The summed E-state index contributed by atoms with van der Waals surface area (Å²) in [6.45, 7) is 9.58. The van der Waals surface area contributed by atoms with Gasteiger partial charge in [-0.1, -0.05) is 74.3 Å². The minimum Gasteiger partial charge on any atom is -0.508 e. The lowest BCUT2D eigenvalue weighted by Crippen LogP contribution is -2.52. The highest BCUT2D eigenvalue weighted by Gasteiger charge is 2.61. The van der Waals surface area contributed by atoms with Crippen molar-refractivity contribution < 1.29 is 100 Å². The number of phenols is 1. The van der Waals surface area contributed by atoms with Gasteiger partial charge in [0.2, 0.25) is 0 Å². The third kappa shape index (κ3) is 26.0. The number of nitrogens with one attached hydrogen (secondary N) is 1. The Balaban J connectivity index is 0.000000376. The van der Waals surface area contributed by atoms with E-state index in [1.54, 1.807) is 53.4 Å². The van der Waals surface area contributed by atoms with Crippen molar-refractivity contribution in [2.24, 2.45) is 0 Å². The van der Waals surface area contributed by atoms with Crippen LogP contribution in [0.25, 0.3) is 0 Å². The second-order valence-corrected chi connectivity index (χ2v) is 18.6. The van der Waals surface area contributed by atoms with Gasteiger partial charge in [-0.15, -0.1) is 0 Å². The summed E-state index contributed by atoms with van der Waals surface area (Å²) in [6.07, 6.45) is -32.6. The molecule has 2 aliphatic rings. The van der Waals surface area contributed by atoms with E-state index in [2.05, 4.69) is 58.3 Å². The van der Waals surface area contributed by atoms with Gasteiger partial charge in [0, 0.05) is 85.0 Å². The van der Waals surface area contributed by atoms with E-state index in [0.717, 1.165) is 41.1 Å². The zero-order valence-corrected chi connectivity index (χ0v) is 43.9. The first kappa shape index (κ1) is 66.5. The number of alkyl halides is 12. The van der Waals surface area contributed by atoms with E-state index < -0.39 is 54.3 Å². The Bertz CT molecular complexity index is 2400. The van der Waals surface area contributed by atoms with E-state index in [9.17, 15) is 76.3 Å². The minimum atomic E-state index is -5.74. The number of amides is 2. The van der Waals surface area contributed by atoms with Crippen molar-refractivity contribution in [2.45, 2.75) is 69.8 Å². The quantitative estimate of drug-likeness (QED) is 0.0789. The van der Waals surface area contributed by atoms with Crippen LogP contribution in [-0.2, 0) is 20.8 Å². The van der Waals surface area contributed by atoms with Crippen molar-refractivity contribution in [3.8, 4) is 17.2 Å². The van der Waals surface area contributed by atoms with Gasteiger partial charge in [-0.2, -0.15) is 52.7 Å². The van der Waals surface area contributed by atoms with E-state index in [0.29, 0.717) is 34.6 Å². The molecule has 0 saturated carbocycles. The molecule has 2 saturated heterocycles. The van der Waals surface area contributed by atoms with Crippen LogP contribution in [0.4, 0.5) is 71.5 Å². The van der Waals surface area contributed by atoms with Crippen molar-refractivity contribution >= 4 is 67.4 Å². The molecule has 0 spiro atoms. The number of rotatable bonds is 7. The molecule has 0 aromatic heterocycles. The topological polar surface area (TPSA) is 147 Å². The smallest absolute Gasteiger partial charge is 0.434 e. The van der Waals surface area contributed by atoms with Crippen molar-refractivity contribution in [1.82, 2.24) is 20.0 Å². The van der Waals surface area contributed by atoms with Gasteiger partial charge in [0.15, 0.2) is 6.29 Å². The van der Waals surface area contributed by atoms with Crippen molar-refractivity contribution in [3.05, 3.63) is 123 Å². The van der Waals surface area contributed by atoms with Crippen LogP contribution >= 0.6 is 43.5 Å². The van der Waals surface area contributed by atoms with E-state index in [4.69, 9.17) is 14.6 Å². The van der Waals surface area contributed by atoms with Gasteiger partial charge in [-0.3, -0.25) is 9.69 Å². The molecule has 6 rings (SSSR count). The highest BCUT2D eigenvalue weighted by Crippen LogP contribution is 2.37. The molecule has 422 valence electrons. The van der Waals surface area contributed by atoms with E-state index in [-0.39, 0.29) is 43.4 Å². The number of carbonyl (C=O) groups excluding carboxylic acids is 4. The summed E-state index contributed by atoms with van der Waals surface area (Å²) < 4.78 is 177. The Morgan fingerprint density at radius 2 is 1.12 bits per heavy atom. The largest absolute Gasteiger partial charge is 0.508 e. The number of para-hydroxylation sites is 2. The molecule has 0 bridgehead atoms. The van der Waals surface area contributed by atoms with Crippen LogP contribution in [0.3, 0.4) is 0 Å². The first-order chi connectivity index (χ1) is 35.1. The molecule has 2 N–H and O–H groups in total. The minimum absolute atomic E-state index is 0.0767. The molecule has 4 aromatic rings. The molecule has 76 heavy (non-hydrogen) atoms. The van der Waals surface area contributed by atoms with Crippen LogP contribution in [-0.4, -0.2) is 139 Å². The van der Waals surface area contributed by atoms with Crippen molar-refractivity contribution in [1.29, 1.82) is 0 Å². The molecule has 2 aliphatic heterocycles. The lowest BCUT2D eigenvalue weighted by Gasteiger charge is -2.35. The van der Waals surface area contributed by atoms with Gasteiger partial charge >= 0.3 is 42.3 Å². The van der Waals surface area contributed by atoms with Gasteiger partial charge in [0.05, 0.1) is 5.56 Å². The second kappa shape index (κ2) is 30.4. The third-order valence-electron chi connectivity index (χ3n) is 9.26. The molecule has 2 amide bonds. The van der Waals surface area contributed by atoms with Crippen molar-refractivity contribution in [2.75, 3.05) is 52.4 Å². The summed E-state index contributed by atoms with van der Waals surface area (Å²) in [6, 6.07) is 27.6. The number of hydrogen-bond donors (Lipinski definition) is 2. The number of aldehydes is 1. The molecular formula is C47H48Br2ClF13N4O9. The Labute approximate surface area is 448 Å². The normalized spacial score (nSPS) is 14.2. The van der Waals surface area contributed by atoms with E-state index >= 15 is 0 Å². The average Bonchev–Trinajstić information content (AvgIpc) is 3.31. The fourth-order valence-electron chi connectivity index (χ4n) is 5.80. The maximum atomic E-state index is 12.6. The molecule has 0 unspecified atom stereocenters. The first-order valence-electron chi connectivity index (χ1n) is 21.8. The maximum absolute atomic E-state index is 12.6. The predicted molar refractivity (Wildman–Crippen MR) is 256 cm³/mol. The average molecular weight is 1260 g/mol. The van der Waals surface area contributed by atoms with Crippen LogP contribution in [0.5, 0.6) is 17.2 Å². The highest BCUT2D eigenvalue weighted by atomic mass is 79.9. The van der Waals surface area contributed by atoms with Crippen LogP contribution in [0, 0.1) is 5.82 Å². The molecule has 4 aromatic carbocycles. The monoisotopic (exact) mass is 1250 g/mol. The van der Waals surface area contributed by atoms with Gasteiger partial charge in [0.1, 0.15) is 28.7 Å². The zero-order chi connectivity index (χ0) is 57.7. The summed E-state index contributed by atoms with van der Waals surface area (Å²) in [7, 11) is 0. The lowest BCUT2D eigenvalue weighted by molar-refractivity contribution is -0.308. The first-order valence-corrected chi connectivity index (χ1v) is 23.7. The van der Waals surface area contributed by atoms with Crippen molar-refractivity contribution in [3.63, 3.8) is 0 Å². The number of nitrogens with zero attached hydrogens (tertiary/aromatic N) is 3. The second-order valence-electron chi connectivity index (χ2n) is 16.4. The Morgan fingerprint density at radius 1 is 0.658 bits per heavy atom. The fraction of sp³-hybridized carbons (Fsp3) is 0.404. The number of halogens is 16. The maximum Gasteiger partial charge on any atom is 0.434 e. The van der Waals surface area contributed by atoms with Gasteiger partial charge < -0.3 is 39.2 Å². The molecule has 0 atom stereocenters. The Morgan fingerprint density at radius 3 is 1.54 bits per heavy atom. The number of carbonyl (C=O) groups is 4. The lowest BCUT2D eigenvalue weighted by atomic mass is 10.1. The summed E-state index contributed by atoms with van der Waals surface area (Å²) in [5, 5.41) is 11.8. The van der Waals surface area contributed by atoms with Crippen LogP contribution in [0.15, 0.2) is 106 Å². The molecule has 0 radical (unpaired) electrons. The molecule has 29 heteroatoms. The molecule has 0 aliphatic carbocycles. The Kier molecular flexibility index (Phi) is 26.6. The summed E-state index contributed by atoms with van der Waals surface area (Å²) >= 11 is 10.7. The SMILES string of the molecule is CC(C)(C)OC(=O)N1CCNCC1.O=C(Cl)OC(C(F)(F)F)C(F)(F)F.O=C(OC(C(F)(F)F)C(F)(F)F)N1CCN(Cc2ccc(Br)cc2Oc2ccccc2)CC1.O=Cc1ccc(Br)cc1F.Oc1ccccc1.